The van der Waals surface area contributed by atoms with E-state index < -0.39 is 0 Å². The molecule has 3 heteroatoms. The third-order valence-corrected chi connectivity index (χ3v) is 3.21. The fourth-order valence-corrected chi connectivity index (χ4v) is 2.21. The molecule has 0 amide bonds. The predicted octanol–water partition coefficient (Wildman–Crippen LogP) is 2.96. The molecule has 0 heterocycles. The van der Waals surface area contributed by atoms with Crippen molar-refractivity contribution in [2.75, 3.05) is 0 Å². The van der Waals surface area contributed by atoms with Gasteiger partial charge in [0, 0.05) is 0 Å². The highest BCUT2D eigenvalue weighted by molar-refractivity contribution is 14.1. The molecule has 0 aliphatic heterocycles. The van der Waals surface area contributed by atoms with Crippen LogP contribution in [0.3, 0.4) is 0 Å². The number of aldehydes is 1. The molecule has 2 aromatic carbocycles. The summed E-state index contributed by atoms with van der Waals surface area (Å²) < 4.78 is 0.725. The van der Waals surface area contributed by atoms with Crippen molar-refractivity contribution in [2.24, 2.45) is 0 Å². The fraction of sp³-hybridized carbons (Fsp3) is 0. The molecule has 2 nitrogen and oxygen atoms in total. The second-order valence-corrected chi connectivity index (χ2v) is 4.05. The normalized spacial score (nSPS) is 10.4. The van der Waals surface area contributed by atoms with Gasteiger partial charge in [-0.05, 0) is 39.4 Å². The van der Waals surface area contributed by atoms with Crippen LogP contribution in [0.25, 0.3) is 10.8 Å². The molecule has 0 spiro atoms. The number of halogens is 1. The smallest absolute Gasteiger partial charge is 0.153 e. The first-order chi connectivity index (χ1) is 6.74. The summed E-state index contributed by atoms with van der Waals surface area (Å²) in [5, 5.41) is 11.6. The Labute approximate surface area is 94.7 Å². The number of carbonyl (C=O) groups excluding carboxylic acids is 1. The molecule has 0 radical (unpaired) electrons. The average molecular weight is 298 g/mol. The van der Waals surface area contributed by atoms with Crippen LogP contribution in [0.15, 0.2) is 30.3 Å². The zero-order valence-electron chi connectivity index (χ0n) is 7.20. The van der Waals surface area contributed by atoms with Crippen molar-refractivity contribution in [3.63, 3.8) is 0 Å². The summed E-state index contributed by atoms with van der Waals surface area (Å²) in [5.41, 5.74) is 0.341. The number of aromatic hydroxyl groups is 1. The maximum Gasteiger partial charge on any atom is 0.153 e. The summed E-state index contributed by atoms with van der Waals surface area (Å²) in [4.78, 5) is 10.7. The van der Waals surface area contributed by atoms with E-state index in [4.69, 9.17) is 0 Å². The molecule has 1 N–H and O–H groups in total. The Kier molecular flexibility index (Phi) is 2.41. The molecule has 0 aliphatic rings. The fourth-order valence-electron chi connectivity index (χ4n) is 1.40. The third-order valence-electron chi connectivity index (χ3n) is 2.12. The highest BCUT2D eigenvalue weighted by atomic mass is 127. The minimum absolute atomic E-state index is 0.0688. The second-order valence-electron chi connectivity index (χ2n) is 2.97. The summed E-state index contributed by atoms with van der Waals surface area (Å²) in [7, 11) is 0. The number of benzene rings is 2. The van der Waals surface area contributed by atoms with E-state index in [-0.39, 0.29) is 5.75 Å². The quantitative estimate of drug-likeness (QED) is 0.649. The summed E-state index contributed by atoms with van der Waals surface area (Å²) >= 11 is 2.04. The van der Waals surface area contributed by atoms with Gasteiger partial charge in [0.25, 0.3) is 0 Å². The van der Waals surface area contributed by atoms with E-state index in [2.05, 4.69) is 0 Å². The lowest BCUT2D eigenvalue weighted by molar-refractivity contribution is 0.112. The Morgan fingerprint density at radius 1 is 1.29 bits per heavy atom. The van der Waals surface area contributed by atoms with E-state index in [1.807, 2.05) is 46.9 Å². The zero-order valence-corrected chi connectivity index (χ0v) is 9.36. The Balaban J connectivity index is 2.91. The van der Waals surface area contributed by atoms with Gasteiger partial charge in [-0.1, -0.05) is 24.3 Å². The topological polar surface area (TPSA) is 37.3 Å². The van der Waals surface area contributed by atoms with E-state index in [9.17, 15) is 9.90 Å². The number of hydrogen-bond donors (Lipinski definition) is 1. The molecule has 2 aromatic rings. The van der Waals surface area contributed by atoms with Crippen LogP contribution in [-0.4, -0.2) is 11.4 Å². The lowest BCUT2D eigenvalue weighted by Crippen LogP contribution is -1.86. The number of phenols is 1. The molecule has 0 fully saturated rings. The highest BCUT2D eigenvalue weighted by Gasteiger charge is 2.08. The number of fused-ring (bicyclic) bond motifs is 1. The van der Waals surface area contributed by atoms with Gasteiger partial charge in [-0.25, -0.2) is 0 Å². The first-order valence-corrected chi connectivity index (χ1v) is 5.17. The third kappa shape index (κ3) is 1.37. The Bertz CT molecular complexity index is 506. The zero-order chi connectivity index (χ0) is 10.1. The van der Waals surface area contributed by atoms with Gasteiger partial charge in [-0.15, -0.1) is 0 Å². The molecule has 70 valence electrons. The molecule has 0 saturated carbocycles. The second kappa shape index (κ2) is 3.57. The molecule has 2 rings (SSSR count). The van der Waals surface area contributed by atoms with Crippen LogP contribution in [0.5, 0.6) is 5.75 Å². The summed E-state index contributed by atoms with van der Waals surface area (Å²) in [6, 6.07) is 9.35. The SMILES string of the molecule is O=Cc1cc2ccccc2c(I)c1O. The van der Waals surface area contributed by atoms with Crippen molar-refractivity contribution >= 4 is 39.6 Å². The van der Waals surface area contributed by atoms with E-state index in [1.165, 1.54) is 0 Å². The van der Waals surface area contributed by atoms with E-state index in [1.54, 1.807) is 6.07 Å². The molecular weight excluding hydrogens is 291 g/mol. The lowest BCUT2D eigenvalue weighted by Gasteiger charge is -2.05. The first-order valence-electron chi connectivity index (χ1n) is 4.09. The largest absolute Gasteiger partial charge is 0.506 e. The summed E-state index contributed by atoms with van der Waals surface area (Å²) in [6.07, 6.45) is 0.671. The van der Waals surface area contributed by atoms with Crippen molar-refractivity contribution in [1.29, 1.82) is 0 Å². The van der Waals surface area contributed by atoms with Crippen LogP contribution in [0.1, 0.15) is 10.4 Å². The Hall–Kier alpha value is -1.10. The van der Waals surface area contributed by atoms with Gasteiger partial charge in [-0.3, -0.25) is 4.79 Å². The maximum absolute atomic E-state index is 10.7. The van der Waals surface area contributed by atoms with Gasteiger partial charge in [0.2, 0.25) is 0 Å². The number of carbonyl (C=O) groups is 1. The summed E-state index contributed by atoms with van der Waals surface area (Å²) in [6.45, 7) is 0. The van der Waals surface area contributed by atoms with Gasteiger partial charge < -0.3 is 5.11 Å². The van der Waals surface area contributed by atoms with E-state index in [0.29, 0.717) is 11.8 Å². The highest BCUT2D eigenvalue weighted by Crippen LogP contribution is 2.31. The van der Waals surface area contributed by atoms with Gasteiger partial charge in [-0.2, -0.15) is 0 Å². The Morgan fingerprint density at radius 3 is 2.71 bits per heavy atom. The molecular formula is C11H7IO2. The number of phenolic OH excluding ortho intramolecular Hbond substituents is 1. The minimum Gasteiger partial charge on any atom is -0.506 e. The monoisotopic (exact) mass is 298 g/mol. The first kappa shape index (κ1) is 9.45. The van der Waals surface area contributed by atoms with E-state index in [0.717, 1.165) is 14.3 Å². The minimum atomic E-state index is 0.0688. The van der Waals surface area contributed by atoms with Crippen LogP contribution < -0.4 is 0 Å². The van der Waals surface area contributed by atoms with Crippen molar-refractivity contribution in [3.05, 3.63) is 39.5 Å². The number of hydrogen-bond acceptors (Lipinski definition) is 2. The van der Waals surface area contributed by atoms with Crippen LogP contribution in [0.2, 0.25) is 0 Å². The average Bonchev–Trinajstić information content (AvgIpc) is 2.23. The van der Waals surface area contributed by atoms with Crippen molar-refractivity contribution in [1.82, 2.24) is 0 Å². The predicted molar refractivity (Wildman–Crippen MR) is 63.7 cm³/mol. The van der Waals surface area contributed by atoms with Crippen molar-refractivity contribution < 1.29 is 9.90 Å². The molecule has 0 bridgehead atoms. The van der Waals surface area contributed by atoms with Gasteiger partial charge in [0.1, 0.15) is 5.75 Å². The van der Waals surface area contributed by atoms with Crippen molar-refractivity contribution in [3.8, 4) is 5.75 Å². The molecule has 0 unspecified atom stereocenters. The molecule has 0 atom stereocenters. The van der Waals surface area contributed by atoms with Crippen molar-refractivity contribution in [2.45, 2.75) is 0 Å². The standard InChI is InChI=1S/C11H7IO2/c12-10-9-4-2-1-3-7(9)5-8(6-13)11(10)14/h1-6,14H. The van der Waals surface area contributed by atoms with E-state index >= 15 is 0 Å². The van der Waals surface area contributed by atoms with Crippen LogP contribution >= 0.6 is 22.6 Å². The van der Waals surface area contributed by atoms with Gasteiger partial charge >= 0.3 is 0 Å². The lowest BCUT2D eigenvalue weighted by atomic mass is 10.1. The Morgan fingerprint density at radius 2 is 2.00 bits per heavy atom. The van der Waals surface area contributed by atoms with Crippen LogP contribution in [0.4, 0.5) is 0 Å². The molecule has 0 saturated heterocycles. The van der Waals surface area contributed by atoms with Gasteiger partial charge in [0.05, 0.1) is 9.13 Å². The van der Waals surface area contributed by atoms with Crippen LogP contribution in [-0.2, 0) is 0 Å². The van der Waals surface area contributed by atoms with Crippen LogP contribution in [0, 0.1) is 3.57 Å². The molecule has 0 aliphatic carbocycles. The maximum atomic E-state index is 10.7. The van der Waals surface area contributed by atoms with Gasteiger partial charge in [0.15, 0.2) is 6.29 Å². The molecule has 0 aromatic heterocycles. The molecule has 14 heavy (non-hydrogen) atoms. The number of rotatable bonds is 1. The summed E-state index contributed by atoms with van der Waals surface area (Å²) in [5.74, 6) is 0.0688.